The topological polar surface area (TPSA) is 63.5 Å². The van der Waals surface area contributed by atoms with Gasteiger partial charge < -0.3 is 4.90 Å². The van der Waals surface area contributed by atoms with Crippen molar-refractivity contribution in [2.75, 3.05) is 11.4 Å². The molecule has 0 N–H and O–H groups in total. The fourth-order valence-electron chi connectivity index (χ4n) is 2.42. The quantitative estimate of drug-likeness (QED) is 0.468. The van der Waals surface area contributed by atoms with Gasteiger partial charge in [-0.15, -0.1) is 0 Å². The number of Topliss-reactive ketones (excluding diaryl/α,β-unsaturated/α-hetero) is 1. The lowest BCUT2D eigenvalue weighted by Gasteiger charge is -2.23. The first kappa shape index (κ1) is 12.5. The summed E-state index contributed by atoms with van der Waals surface area (Å²) in [7, 11) is 0. The van der Waals surface area contributed by atoms with E-state index in [9.17, 15) is 14.9 Å². The SMILES string of the molecule is CC(=O)c1ccc(N2CCCC2C)c([N+](=O)[O-])c1. The molecule has 1 atom stereocenters. The molecule has 2 rings (SSSR count). The molecule has 1 aromatic carbocycles. The van der Waals surface area contributed by atoms with Crippen molar-refractivity contribution in [1.82, 2.24) is 0 Å². The minimum Gasteiger partial charge on any atom is -0.363 e. The molecular formula is C13H16N2O3. The first-order valence-electron chi connectivity index (χ1n) is 6.06. The molecule has 1 fully saturated rings. The Balaban J connectivity index is 2.46. The first-order chi connectivity index (χ1) is 8.50. The van der Waals surface area contributed by atoms with E-state index >= 15 is 0 Å². The van der Waals surface area contributed by atoms with Crippen LogP contribution in [0.1, 0.15) is 37.0 Å². The molecule has 1 unspecified atom stereocenters. The lowest BCUT2D eigenvalue weighted by atomic mass is 10.1. The summed E-state index contributed by atoms with van der Waals surface area (Å²) in [5.41, 5.74) is 1.03. The van der Waals surface area contributed by atoms with Gasteiger partial charge >= 0.3 is 0 Å². The fourth-order valence-corrected chi connectivity index (χ4v) is 2.42. The van der Waals surface area contributed by atoms with Gasteiger partial charge in [-0.3, -0.25) is 14.9 Å². The second-order valence-electron chi connectivity index (χ2n) is 4.70. The molecule has 1 aliphatic rings. The van der Waals surface area contributed by atoms with Gasteiger partial charge in [0.25, 0.3) is 5.69 Å². The van der Waals surface area contributed by atoms with Crippen molar-refractivity contribution in [3.8, 4) is 0 Å². The van der Waals surface area contributed by atoms with Gasteiger partial charge in [-0.1, -0.05) is 0 Å². The number of hydrogen-bond donors (Lipinski definition) is 0. The van der Waals surface area contributed by atoms with Crippen LogP contribution in [-0.4, -0.2) is 23.3 Å². The number of nitrogens with zero attached hydrogens (tertiary/aromatic N) is 2. The van der Waals surface area contributed by atoms with Crippen LogP contribution in [0.2, 0.25) is 0 Å². The Labute approximate surface area is 106 Å². The number of benzene rings is 1. The van der Waals surface area contributed by atoms with Crippen LogP contribution in [0.25, 0.3) is 0 Å². The average Bonchev–Trinajstić information content (AvgIpc) is 2.74. The maximum absolute atomic E-state index is 11.3. The minimum absolute atomic E-state index is 0.0245. The lowest BCUT2D eigenvalue weighted by Crippen LogP contribution is -2.27. The van der Waals surface area contributed by atoms with Crippen LogP contribution in [-0.2, 0) is 0 Å². The highest BCUT2D eigenvalue weighted by Crippen LogP contribution is 2.34. The molecule has 0 bridgehead atoms. The lowest BCUT2D eigenvalue weighted by molar-refractivity contribution is -0.384. The van der Waals surface area contributed by atoms with Crippen LogP contribution in [0.15, 0.2) is 18.2 Å². The standard InChI is InChI=1S/C13H16N2O3/c1-9-4-3-7-14(9)12-6-5-11(10(2)16)8-13(12)15(17)18/h5-6,8-9H,3-4,7H2,1-2H3. The number of carbonyl (C=O) groups is 1. The maximum Gasteiger partial charge on any atom is 0.293 e. The van der Waals surface area contributed by atoms with Crippen LogP contribution >= 0.6 is 0 Å². The fraction of sp³-hybridized carbons (Fsp3) is 0.462. The third-order valence-corrected chi connectivity index (χ3v) is 3.44. The molecule has 0 aromatic heterocycles. The molecule has 5 nitrogen and oxygen atoms in total. The molecule has 0 saturated carbocycles. The van der Waals surface area contributed by atoms with E-state index in [1.807, 2.05) is 4.90 Å². The van der Waals surface area contributed by atoms with Crippen LogP contribution in [0.5, 0.6) is 0 Å². The van der Waals surface area contributed by atoms with Crippen molar-refractivity contribution in [3.05, 3.63) is 33.9 Å². The monoisotopic (exact) mass is 248 g/mol. The zero-order valence-electron chi connectivity index (χ0n) is 10.5. The molecule has 18 heavy (non-hydrogen) atoms. The second-order valence-corrected chi connectivity index (χ2v) is 4.70. The van der Waals surface area contributed by atoms with Gasteiger partial charge in [-0.25, -0.2) is 0 Å². The summed E-state index contributed by atoms with van der Waals surface area (Å²) in [6, 6.07) is 5.04. The van der Waals surface area contributed by atoms with Crippen LogP contribution in [0.4, 0.5) is 11.4 Å². The predicted octanol–water partition coefficient (Wildman–Crippen LogP) is 2.79. The summed E-state index contributed by atoms with van der Waals surface area (Å²) >= 11 is 0. The van der Waals surface area contributed by atoms with Crippen molar-refractivity contribution in [2.45, 2.75) is 32.7 Å². The van der Waals surface area contributed by atoms with Crippen LogP contribution in [0, 0.1) is 10.1 Å². The molecule has 1 heterocycles. The number of nitro groups is 1. The van der Waals surface area contributed by atoms with Crippen LogP contribution in [0.3, 0.4) is 0 Å². The molecule has 1 saturated heterocycles. The number of nitro benzene ring substituents is 1. The summed E-state index contributed by atoms with van der Waals surface area (Å²) in [6.45, 7) is 4.31. The van der Waals surface area contributed by atoms with Crippen molar-refractivity contribution in [3.63, 3.8) is 0 Å². The zero-order valence-corrected chi connectivity index (χ0v) is 10.5. The Morgan fingerprint density at radius 2 is 2.22 bits per heavy atom. The normalized spacial score (nSPS) is 19.0. The molecule has 0 amide bonds. The molecular weight excluding hydrogens is 232 g/mol. The molecule has 1 aromatic rings. The van der Waals surface area contributed by atoms with E-state index in [2.05, 4.69) is 6.92 Å². The largest absolute Gasteiger partial charge is 0.363 e. The number of carbonyl (C=O) groups excluding carboxylic acids is 1. The molecule has 96 valence electrons. The third kappa shape index (κ3) is 2.20. The maximum atomic E-state index is 11.3. The van der Waals surface area contributed by atoms with Gasteiger partial charge in [0.2, 0.25) is 0 Å². The predicted molar refractivity (Wildman–Crippen MR) is 69.1 cm³/mol. The minimum atomic E-state index is -0.410. The highest BCUT2D eigenvalue weighted by Gasteiger charge is 2.27. The van der Waals surface area contributed by atoms with E-state index in [1.54, 1.807) is 12.1 Å². The van der Waals surface area contributed by atoms with Crippen molar-refractivity contribution in [2.24, 2.45) is 0 Å². The Bertz CT molecular complexity index is 499. The van der Waals surface area contributed by atoms with Gasteiger partial charge in [0.1, 0.15) is 5.69 Å². The van der Waals surface area contributed by atoms with Crippen LogP contribution < -0.4 is 4.90 Å². The van der Waals surface area contributed by atoms with Gasteiger partial charge in [-0.2, -0.15) is 0 Å². The summed E-state index contributed by atoms with van der Waals surface area (Å²) in [5.74, 6) is -0.154. The summed E-state index contributed by atoms with van der Waals surface area (Å²) in [6.07, 6.45) is 2.10. The molecule has 5 heteroatoms. The molecule has 0 radical (unpaired) electrons. The number of anilines is 1. The molecule has 0 aliphatic carbocycles. The number of hydrogen-bond acceptors (Lipinski definition) is 4. The molecule has 1 aliphatic heterocycles. The van der Waals surface area contributed by atoms with E-state index in [0.717, 1.165) is 19.4 Å². The van der Waals surface area contributed by atoms with E-state index in [4.69, 9.17) is 0 Å². The Hall–Kier alpha value is -1.91. The van der Waals surface area contributed by atoms with E-state index in [0.29, 0.717) is 17.3 Å². The summed E-state index contributed by atoms with van der Waals surface area (Å²) in [5, 5.41) is 11.1. The van der Waals surface area contributed by atoms with Gasteiger partial charge in [-0.05, 0) is 38.8 Å². The Morgan fingerprint density at radius 1 is 1.50 bits per heavy atom. The van der Waals surface area contributed by atoms with Crippen molar-refractivity contribution in [1.29, 1.82) is 0 Å². The average molecular weight is 248 g/mol. The number of ketones is 1. The molecule has 0 spiro atoms. The Kier molecular flexibility index (Phi) is 3.32. The number of rotatable bonds is 3. The highest BCUT2D eigenvalue weighted by molar-refractivity contribution is 5.95. The van der Waals surface area contributed by atoms with Crippen molar-refractivity contribution >= 4 is 17.2 Å². The summed E-state index contributed by atoms with van der Waals surface area (Å²) in [4.78, 5) is 24.0. The first-order valence-corrected chi connectivity index (χ1v) is 6.06. The van der Waals surface area contributed by atoms with Crippen molar-refractivity contribution < 1.29 is 9.72 Å². The summed E-state index contributed by atoms with van der Waals surface area (Å²) < 4.78 is 0. The van der Waals surface area contributed by atoms with E-state index in [1.165, 1.54) is 13.0 Å². The van der Waals surface area contributed by atoms with E-state index < -0.39 is 4.92 Å². The van der Waals surface area contributed by atoms with Gasteiger partial charge in [0.05, 0.1) is 4.92 Å². The Morgan fingerprint density at radius 3 is 2.72 bits per heavy atom. The second kappa shape index (κ2) is 4.76. The zero-order chi connectivity index (χ0) is 13.3. The van der Waals surface area contributed by atoms with Gasteiger partial charge in [0, 0.05) is 24.2 Å². The van der Waals surface area contributed by atoms with Gasteiger partial charge in [0.15, 0.2) is 5.78 Å². The van der Waals surface area contributed by atoms with E-state index in [-0.39, 0.29) is 11.5 Å². The smallest absolute Gasteiger partial charge is 0.293 e. The third-order valence-electron chi connectivity index (χ3n) is 3.44. The highest BCUT2D eigenvalue weighted by atomic mass is 16.6.